The maximum atomic E-state index is 12.5. The molecule has 6 heteroatoms. The Labute approximate surface area is 129 Å². The largest absolute Gasteiger partial charge is 0.446 e. The fourth-order valence-corrected chi connectivity index (χ4v) is 2.52. The van der Waals surface area contributed by atoms with Gasteiger partial charge in [0.25, 0.3) is 5.91 Å². The molecule has 5 nitrogen and oxygen atoms in total. The van der Waals surface area contributed by atoms with Crippen molar-refractivity contribution in [1.29, 1.82) is 0 Å². The number of hydrazone groups is 1. The highest BCUT2D eigenvalue weighted by Gasteiger charge is 2.41. The van der Waals surface area contributed by atoms with E-state index in [4.69, 9.17) is 4.42 Å². The Kier molecular flexibility index (Phi) is 3.47. The first-order chi connectivity index (χ1) is 10.1. The van der Waals surface area contributed by atoms with Crippen molar-refractivity contribution in [2.75, 3.05) is 5.01 Å². The SMILES string of the molecule is CC1=NN(c2ccccc2)C(=O)C1C(=O)c1ccc(Br)o1. The van der Waals surface area contributed by atoms with Gasteiger partial charge < -0.3 is 4.42 Å². The quantitative estimate of drug-likeness (QED) is 0.632. The molecule has 0 spiro atoms. The van der Waals surface area contributed by atoms with Gasteiger partial charge in [0.2, 0.25) is 5.78 Å². The molecule has 2 aromatic rings. The second kappa shape index (κ2) is 5.29. The van der Waals surface area contributed by atoms with E-state index < -0.39 is 5.92 Å². The lowest BCUT2D eigenvalue weighted by molar-refractivity contribution is -0.118. The number of benzene rings is 1. The highest BCUT2D eigenvalue weighted by Crippen LogP contribution is 2.27. The summed E-state index contributed by atoms with van der Waals surface area (Å²) >= 11 is 3.14. The molecular formula is C15H11BrN2O3. The molecule has 0 saturated carbocycles. The van der Waals surface area contributed by atoms with Crippen LogP contribution in [0.25, 0.3) is 0 Å². The maximum absolute atomic E-state index is 12.5. The van der Waals surface area contributed by atoms with Gasteiger partial charge in [0.05, 0.1) is 11.4 Å². The van der Waals surface area contributed by atoms with E-state index >= 15 is 0 Å². The molecule has 0 bridgehead atoms. The van der Waals surface area contributed by atoms with E-state index in [1.54, 1.807) is 25.1 Å². The minimum absolute atomic E-state index is 0.143. The highest BCUT2D eigenvalue weighted by atomic mass is 79.9. The average Bonchev–Trinajstić information content (AvgIpc) is 3.03. The summed E-state index contributed by atoms with van der Waals surface area (Å²) in [6.07, 6.45) is 0. The van der Waals surface area contributed by atoms with Crippen LogP contribution in [0, 0.1) is 5.92 Å². The number of ketones is 1. The van der Waals surface area contributed by atoms with Gasteiger partial charge in [0.15, 0.2) is 10.4 Å². The molecule has 21 heavy (non-hydrogen) atoms. The van der Waals surface area contributed by atoms with Crippen molar-refractivity contribution in [1.82, 2.24) is 0 Å². The van der Waals surface area contributed by atoms with Gasteiger partial charge in [-0.3, -0.25) is 9.59 Å². The lowest BCUT2D eigenvalue weighted by Gasteiger charge is -2.13. The summed E-state index contributed by atoms with van der Waals surface area (Å²) < 4.78 is 5.69. The van der Waals surface area contributed by atoms with E-state index in [0.29, 0.717) is 16.1 Å². The average molecular weight is 347 g/mol. The fraction of sp³-hybridized carbons (Fsp3) is 0.133. The molecule has 0 fully saturated rings. The number of anilines is 1. The number of halogens is 1. The van der Waals surface area contributed by atoms with Crippen molar-refractivity contribution < 1.29 is 14.0 Å². The highest BCUT2D eigenvalue weighted by molar-refractivity contribution is 9.10. The van der Waals surface area contributed by atoms with Crippen LogP contribution in [0.3, 0.4) is 0 Å². The minimum atomic E-state index is -0.928. The van der Waals surface area contributed by atoms with Crippen LogP contribution in [0.15, 0.2) is 56.7 Å². The monoisotopic (exact) mass is 346 g/mol. The Bertz CT molecular complexity index is 736. The van der Waals surface area contributed by atoms with Crippen LogP contribution < -0.4 is 5.01 Å². The Morgan fingerprint density at radius 3 is 2.57 bits per heavy atom. The summed E-state index contributed by atoms with van der Waals surface area (Å²) in [5.41, 5.74) is 1.10. The third-order valence-corrected chi connectivity index (χ3v) is 3.64. The molecule has 1 aromatic heterocycles. The smallest absolute Gasteiger partial charge is 0.264 e. The number of nitrogens with zero attached hydrogens (tertiary/aromatic N) is 2. The van der Waals surface area contributed by atoms with E-state index in [9.17, 15) is 9.59 Å². The number of carbonyl (C=O) groups is 2. The van der Waals surface area contributed by atoms with Gasteiger partial charge in [-0.15, -0.1) is 0 Å². The number of carbonyl (C=O) groups excluding carboxylic acids is 2. The molecule has 0 saturated heterocycles. The van der Waals surface area contributed by atoms with E-state index in [2.05, 4.69) is 21.0 Å². The summed E-state index contributed by atoms with van der Waals surface area (Å²) in [6, 6.07) is 12.2. The molecule has 1 unspecified atom stereocenters. The van der Waals surface area contributed by atoms with E-state index in [0.717, 1.165) is 0 Å². The molecule has 3 rings (SSSR count). The summed E-state index contributed by atoms with van der Waals surface area (Å²) in [4.78, 5) is 24.9. The predicted octanol–water partition coefficient (Wildman–Crippen LogP) is 3.26. The second-order valence-electron chi connectivity index (χ2n) is 4.63. The Morgan fingerprint density at radius 2 is 1.95 bits per heavy atom. The van der Waals surface area contributed by atoms with Crippen molar-refractivity contribution in [3.05, 3.63) is 52.9 Å². The first-order valence-electron chi connectivity index (χ1n) is 6.31. The molecular weight excluding hydrogens is 336 g/mol. The van der Waals surface area contributed by atoms with Crippen molar-refractivity contribution >= 4 is 39.0 Å². The zero-order valence-corrected chi connectivity index (χ0v) is 12.7. The van der Waals surface area contributed by atoms with Crippen LogP contribution in [0.2, 0.25) is 0 Å². The number of rotatable bonds is 3. The van der Waals surface area contributed by atoms with Crippen molar-refractivity contribution in [3.63, 3.8) is 0 Å². The van der Waals surface area contributed by atoms with Gasteiger partial charge in [-0.1, -0.05) is 18.2 Å². The molecule has 0 aliphatic carbocycles. The van der Waals surface area contributed by atoms with Crippen LogP contribution in [-0.2, 0) is 4.79 Å². The van der Waals surface area contributed by atoms with Crippen LogP contribution in [0.4, 0.5) is 5.69 Å². The first-order valence-corrected chi connectivity index (χ1v) is 7.11. The van der Waals surface area contributed by atoms with Gasteiger partial charge in [0.1, 0.15) is 5.92 Å². The molecule has 1 aliphatic rings. The summed E-state index contributed by atoms with van der Waals surface area (Å²) in [5, 5.41) is 5.46. The number of amides is 1. The molecule has 1 atom stereocenters. The van der Waals surface area contributed by atoms with Crippen LogP contribution >= 0.6 is 15.9 Å². The van der Waals surface area contributed by atoms with Gasteiger partial charge in [-0.25, -0.2) is 0 Å². The predicted molar refractivity (Wildman–Crippen MR) is 81.3 cm³/mol. The van der Waals surface area contributed by atoms with E-state index in [1.807, 2.05) is 18.2 Å². The normalized spacial score (nSPS) is 18.0. The van der Waals surface area contributed by atoms with E-state index in [-0.39, 0.29) is 17.5 Å². The lowest BCUT2D eigenvalue weighted by atomic mass is 9.97. The second-order valence-corrected chi connectivity index (χ2v) is 5.41. The third-order valence-electron chi connectivity index (χ3n) is 3.21. The summed E-state index contributed by atoms with van der Waals surface area (Å²) in [6.45, 7) is 1.67. The first kappa shape index (κ1) is 13.8. The van der Waals surface area contributed by atoms with Crippen molar-refractivity contribution in [3.8, 4) is 0 Å². The molecule has 1 amide bonds. The van der Waals surface area contributed by atoms with Gasteiger partial charge in [-0.05, 0) is 47.1 Å². The molecule has 1 aliphatic heterocycles. The van der Waals surface area contributed by atoms with Crippen molar-refractivity contribution in [2.24, 2.45) is 11.0 Å². The number of Topliss-reactive ketones (excluding diaryl/α,β-unsaturated/α-hetero) is 1. The molecule has 0 N–H and O–H groups in total. The van der Waals surface area contributed by atoms with Crippen molar-refractivity contribution in [2.45, 2.75) is 6.92 Å². The summed E-state index contributed by atoms with van der Waals surface area (Å²) in [7, 11) is 0. The molecule has 106 valence electrons. The summed E-state index contributed by atoms with van der Waals surface area (Å²) in [5.74, 6) is -1.53. The number of furan rings is 1. The zero-order valence-electron chi connectivity index (χ0n) is 11.1. The van der Waals surface area contributed by atoms with Crippen LogP contribution in [0.5, 0.6) is 0 Å². The standard InChI is InChI=1S/C15H11BrN2O3/c1-9-13(14(19)11-7-8-12(16)21-11)15(20)18(17-9)10-5-3-2-4-6-10/h2-8,13H,1H3. The van der Waals surface area contributed by atoms with Crippen LogP contribution in [-0.4, -0.2) is 17.4 Å². The van der Waals surface area contributed by atoms with Gasteiger partial charge in [0, 0.05) is 0 Å². The number of hydrogen-bond donors (Lipinski definition) is 0. The molecule has 2 heterocycles. The van der Waals surface area contributed by atoms with Gasteiger partial charge in [-0.2, -0.15) is 10.1 Å². The topological polar surface area (TPSA) is 62.9 Å². The minimum Gasteiger partial charge on any atom is -0.446 e. The number of hydrogen-bond acceptors (Lipinski definition) is 4. The molecule has 1 aromatic carbocycles. The lowest BCUT2D eigenvalue weighted by Crippen LogP contribution is -2.32. The Morgan fingerprint density at radius 1 is 1.24 bits per heavy atom. The Hall–Kier alpha value is -2.21. The van der Waals surface area contributed by atoms with Crippen LogP contribution in [0.1, 0.15) is 17.5 Å². The third kappa shape index (κ3) is 2.42. The fourth-order valence-electron chi connectivity index (χ4n) is 2.21. The van der Waals surface area contributed by atoms with Gasteiger partial charge >= 0.3 is 0 Å². The molecule has 0 radical (unpaired) electrons. The maximum Gasteiger partial charge on any atom is 0.264 e. The van der Waals surface area contributed by atoms with E-state index in [1.165, 1.54) is 11.1 Å². The Balaban J connectivity index is 1.91. The number of para-hydroxylation sites is 1. The zero-order chi connectivity index (χ0) is 15.0.